The number of hydrogen-bond acceptors (Lipinski definition) is 7. The van der Waals surface area contributed by atoms with Crippen LogP contribution in [0.4, 0.5) is 9.18 Å². The first-order valence-electron chi connectivity index (χ1n) is 10.5. The van der Waals surface area contributed by atoms with Gasteiger partial charge in [-0.05, 0) is 43.7 Å². The highest BCUT2D eigenvalue weighted by Crippen LogP contribution is 2.24. The molecule has 0 aliphatic rings. The Labute approximate surface area is 195 Å². The van der Waals surface area contributed by atoms with Crippen molar-refractivity contribution in [1.29, 1.82) is 0 Å². The maximum Gasteiger partial charge on any atom is 0.407 e. The van der Waals surface area contributed by atoms with Crippen LogP contribution in [0.15, 0.2) is 48.5 Å². The number of nitrogens with zero attached hydrogens (tertiary/aromatic N) is 4. The number of carboxylic acids is 1. The van der Waals surface area contributed by atoms with Crippen LogP contribution in [0, 0.1) is 5.82 Å². The van der Waals surface area contributed by atoms with Crippen LogP contribution in [-0.4, -0.2) is 49.0 Å². The monoisotopic (exact) mass is 471 g/mol. The van der Waals surface area contributed by atoms with Crippen molar-refractivity contribution in [1.82, 2.24) is 25.5 Å². The molecule has 180 valence electrons. The van der Waals surface area contributed by atoms with E-state index in [0.717, 1.165) is 10.4 Å². The largest absolute Gasteiger partial charge is 0.489 e. The van der Waals surface area contributed by atoms with Crippen molar-refractivity contribution in [2.45, 2.75) is 52.0 Å². The Hall–Kier alpha value is -4.02. The van der Waals surface area contributed by atoms with Crippen molar-refractivity contribution in [3.63, 3.8) is 0 Å². The molecule has 3 aromatic rings. The van der Waals surface area contributed by atoms with Crippen LogP contribution in [0.2, 0.25) is 0 Å². The fraction of sp³-hybridized carbons (Fsp3) is 0.348. The first kappa shape index (κ1) is 24.6. The van der Waals surface area contributed by atoms with Gasteiger partial charge in [0.1, 0.15) is 23.8 Å². The first-order valence-corrected chi connectivity index (χ1v) is 10.5. The molecular weight excluding hydrogens is 445 g/mol. The molecule has 1 unspecified atom stereocenters. The number of hydrogen-bond donors (Lipinski definition) is 2. The zero-order valence-electron chi connectivity index (χ0n) is 19.1. The molecule has 0 bridgehead atoms. The molecule has 1 amide bonds. The van der Waals surface area contributed by atoms with Gasteiger partial charge in [-0.2, -0.15) is 4.80 Å². The van der Waals surface area contributed by atoms with E-state index in [0.29, 0.717) is 12.4 Å². The van der Waals surface area contributed by atoms with Gasteiger partial charge in [0.05, 0.1) is 24.6 Å². The van der Waals surface area contributed by atoms with Gasteiger partial charge in [-0.25, -0.2) is 9.18 Å². The van der Waals surface area contributed by atoms with Crippen LogP contribution < -0.4 is 10.1 Å². The highest BCUT2D eigenvalue weighted by atomic mass is 19.1. The standard InChI is InChI=1S/C23H26FN5O5/c1-23(2,3)34-22(32)25-16(11-20(30)31)13-29-27-21(26-28-29)18-10-9-17(12-19(18)24)33-14-15-7-5-4-6-8-15/h4-10,12,16H,11,13-14H2,1-3H3,(H,25,32)(H,30,31). The lowest BCUT2D eigenvalue weighted by Gasteiger charge is -2.22. The molecule has 0 radical (unpaired) electrons. The lowest BCUT2D eigenvalue weighted by molar-refractivity contribution is -0.137. The number of carbonyl (C=O) groups excluding carboxylic acids is 1. The lowest BCUT2D eigenvalue weighted by Crippen LogP contribution is -2.42. The third-order valence-corrected chi connectivity index (χ3v) is 4.41. The minimum absolute atomic E-state index is 0.0125. The second-order valence-electron chi connectivity index (χ2n) is 8.52. The summed E-state index contributed by atoms with van der Waals surface area (Å²) in [6.07, 6.45) is -1.16. The molecular formula is C23H26FN5O5. The topological polar surface area (TPSA) is 128 Å². The second kappa shape index (κ2) is 10.7. The Kier molecular flexibility index (Phi) is 7.77. The SMILES string of the molecule is CC(C)(C)OC(=O)NC(CC(=O)O)Cn1nnc(-c2ccc(OCc3ccccc3)cc2F)n1. The van der Waals surface area contributed by atoms with E-state index in [-0.39, 0.29) is 17.9 Å². The number of nitrogens with one attached hydrogen (secondary N) is 1. The van der Waals surface area contributed by atoms with Gasteiger partial charge in [-0.1, -0.05) is 30.3 Å². The molecule has 0 spiro atoms. The van der Waals surface area contributed by atoms with Crippen LogP contribution in [0.25, 0.3) is 11.4 Å². The van der Waals surface area contributed by atoms with E-state index in [1.165, 1.54) is 12.1 Å². The molecule has 1 aromatic heterocycles. The second-order valence-corrected chi connectivity index (χ2v) is 8.52. The number of halogens is 1. The summed E-state index contributed by atoms with van der Waals surface area (Å²) in [5, 5.41) is 23.5. The predicted octanol–water partition coefficient (Wildman–Crippen LogP) is 3.43. The number of ether oxygens (including phenoxy) is 2. The van der Waals surface area contributed by atoms with E-state index in [1.54, 1.807) is 26.8 Å². The van der Waals surface area contributed by atoms with Crippen molar-refractivity contribution in [3.05, 3.63) is 59.9 Å². The Bertz CT molecular complexity index is 1130. The van der Waals surface area contributed by atoms with Crippen molar-refractivity contribution < 1.29 is 28.6 Å². The van der Waals surface area contributed by atoms with E-state index in [2.05, 4.69) is 20.7 Å². The summed E-state index contributed by atoms with van der Waals surface area (Å²) in [6, 6.07) is 12.9. The molecule has 0 aliphatic carbocycles. The summed E-state index contributed by atoms with van der Waals surface area (Å²) in [7, 11) is 0. The summed E-state index contributed by atoms with van der Waals surface area (Å²) in [6.45, 7) is 5.27. The number of tetrazole rings is 1. The summed E-state index contributed by atoms with van der Waals surface area (Å²) in [4.78, 5) is 24.3. The van der Waals surface area contributed by atoms with E-state index >= 15 is 0 Å². The Morgan fingerprint density at radius 2 is 1.91 bits per heavy atom. The Morgan fingerprint density at radius 3 is 2.56 bits per heavy atom. The number of alkyl carbamates (subject to hydrolysis) is 1. The highest BCUT2D eigenvalue weighted by Gasteiger charge is 2.23. The first-order chi connectivity index (χ1) is 16.1. The molecule has 3 rings (SSSR count). The van der Waals surface area contributed by atoms with Crippen LogP contribution in [0.5, 0.6) is 5.75 Å². The number of carboxylic acid groups (broad SMARTS) is 1. The summed E-state index contributed by atoms with van der Waals surface area (Å²) >= 11 is 0. The highest BCUT2D eigenvalue weighted by molar-refractivity contribution is 5.71. The molecule has 1 heterocycles. The molecule has 0 saturated carbocycles. The minimum Gasteiger partial charge on any atom is -0.489 e. The van der Waals surface area contributed by atoms with Crippen LogP contribution in [0.1, 0.15) is 32.8 Å². The Morgan fingerprint density at radius 1 is 1.18 bits per heavy atom. The molecule has 0 fully saturated rings. The van der Waals surface area contributed by atoms with Crippen molar-refractivity contribution in [2.24, 2.45) is 0 Å². The summed E-state index contributed by atoms with van der Waals surface area (Å²) < 4.78 is 25.5. The maximum absolute atomic E-state index is 14.7. The molecule has 2 N–H and O–H groups in total. The number of benzene rings is 2. The van der Waals surface area contributed by atoms with Gasteiger partial charge in [0.2, 0.25) is 5.82 Å². The zero-order chi connectivity index (χ0) is 24.7. The van der Waals surface area contributed by atoms with E-state index < -0.39 is 35.9 Å². The molecule has 10 nitrogen and oxygen atoms in total. The van der Waals surface area contributed by atoms with E-state index in [9.17, 15) is 14.0 Å². The lowest BCUT2D eigenvalue weighted by atomic mass is 10.2. The predicted molar refractivity (Wildman–Crippen MR) is 119 cm³/mol. The Balaban J connectivity index is 1.66. The van der Waals surface area contributed by atoms with Gasteiger partial charge in [0.15, 0.2) is 0 Å². The normalized spacial score (nSPS) is 12.1. The minimum atomic E-state index is -1.13. The van der Waals surface area contributed by atoms with Crippen molar-refractivity contribution in [3.8, 4) is 17.1 Å². The number of amides is 1. The molecule has 34 heavy (non-hydrogen) atoms. The van der Waals surface area contributed by atoms with Crippen molar-refractivity contribution in [2.75, 3.05) is 0 Å². The molecule has 1 atom stereocenters. The van der Waals surface area contributed by atoms with Gasteiger partial charge in [0, 0.05) is 6.07 Å². The molecule has 0 saturated heterocycles. The zero-order valence-corrected chi connectivity index (χ0v) is 19.1. The summed E-state index contributed by atoms with van der Waals surface area (Å²) in [5.74, 6) is -1.36. The number of rotatable bonds is 9. The molecule has 0 aliphatic heterocycles. The van der Waals surface area contributed by atoms with Crippen LogP contribution in [0.3, 0.4) is 0 Å². The van der Waals surface area contributed by atoms with Gasteiger partial charge in [-0.3, -0.25) is 4.79 Å². The van der Waals surface area contributed by atoms with E-state index in [4.69, 9.17) is 14.6 Å². The number of carbonyl (C=O) groups is 2. The third kappa shape index (κ3) is 7.54. The fourth-order valence-electron chi connectivity index (χ4n) is 2.98. The number of aromatic nitrogens is 4. The fourth-order valence-corrected chi connectivity index (χ4v) is 2.98. The average molecular weight is 471 g/mol. The summed E-state index contributed by atoms with van der Waals surface area (Å²) in [5.41, 5.74) is 0.311. The van der Waals surface area contributed by atoms with Crippen LogP contribution in [-0.2, 0) is 22.7 Å². The quantitative estimate of drug-likeness (QED) is 0.486. The number of aliphatic carboxylic acids is 1. The van der Waals surface area contributed by atoms with Gasteiger partial charge >= 0.3 is 12.1 Å². The van der Waals surface area contributed by atoms with Gasteiger partial charge in [0.25, 0.3) is 0 Å². The van der Waals surface area contributed by atoms with Gasteiger partial charge < -0.3 is 19.9 Å². The average Bonchev–Trinajstić information content (AvgIpc) is 3.19. The van der Waals surface area contributed by atoms with Gasteiger partial charge in [-0.15, -0.1) is 10.2 Å². The molecule has 11 heteroatoms. The maximum atomic E-state index is 14.7. The third-order valence-electron chi connectivity index (χ3n) is 4.41. The van der Waals surface area contributed by atoms with E-state index in [1.807, 2.05) is 30.3 Å². The van der Waals surface area contributed by atoms with Crippen molar-refractivity contribution >= 4 is 12.1 Å². The van der Waals surface area contributed by atoms with Crippen LogP contribution >= 0.6 is 0 Å². The smallest absolute Gasteiger partial charge is 0.407 e. The molecule has 2 aromatic carbocycles.